The summed E-state index contributed by atoms with van der Waals surface area (Å²) in [6.07, 6.45) is 0.838. The summed E-state index contributed by atoms with van der Waals surface area (Å²) in [5.74, 6) is 0.0205. The first kappa shape index (κ1) is 18.0. The number of nitrogens with one attached hydrogen (secondary N) is 1. The summed E-state index contributed by atoms with van der Waals surface area (Å²) in [5.41, 5.74) is 5.58. The average molecular weight is 420 g/mol. The molecule has 1 saturated carbocycles. The van der Waals surface area contributed by atoms with Crippen molar-refractivity contribution in [3.05, 3.63) is 99.5 Å². The summed E-state index contributed by atoms with van der Waals surface area (Å²) in [5, 5.41) is 3.10. The molecule has 0 saturated heterocycles. The standard InChI is InChI=1S/C24H22BrNO/c1-16-7-3-5-9-20(16)24(21-10-6-4-8-17(21)2)15-22(24)23(27)26-19-13-11-18(25)12-14-19/h3-14,22H,15H2,1-2H3,(H,26,27)/t22-/m0/s1. The van der Waals surface area contributed by atoms with Crippen molar-refractivity contribution in [2.75, 3.05) is 5.32 Å². The number of rotatable bonds is 4. The van der Waals surface area contributed by atoms with Crippen molar-refractivity contribution in [3.63, 3.8) is 0 Å². The molecule has 0 aromatic heterocycles. The van der Waals surface area contributed by atoms with Crippen molar-refractivity contribution in [1.29, 1.82) is 0 Å². The van der Waals surface area contributed by atoms with Gasteiger partial charge in [0.15, 0.2) is 0 Å². The van der Waals surface area contributed by atoms with Gasteiger partial charge >= 0.3 is 0 Å². The molecule has 136 valence electrons. The van der Waals surface area contributed by atoms with Gasteiger partial charge in [-0.15, -0.1) is 0 Å². The molecule has 0 aliphatic heterocycles. The number of carbonyl (C=O) groups excluding carboxylic acids is 1. The van der Waals surface area contributed by atoms with Crippen molar-refractivity contribution in [3.8, 4) is 0 Å². The SMILES string of the molecule is Cc1ccccc1C1(c2ccccc2C)C[C@H]1C(=O)Nc1ccc(Br)cc1. The van der Waals surface area contributed by atoms with Crippen LogP contribution < -0.4 is 5.32 Å². The Hall–Kier alpha value is -2.39. The van der Waals surface area contributed by atoms with Gasteiger partial charge in [-0.3, -0.25) is 4.79 Å². The predicted octanol–water partition coefficient (Wildman–Crippen LogP) is 6.01. The summed E-state index contributed by atoms with van der Waals surface area (Å²) in [7, 11) is 0. The third kappa shape index (κ3) is 3.21. The number of amides is 1. The van der Waals surface area contributed by atoms with Crippen LogP contribution in [-0.4, -0.2) is 5.91 Å². The van der Waals surface area contributed by atoms with E-state index in [2.05, 4.69) is 83.6 Å². The Kier molecular flexibility index (Phi) is 4.65. The highest BCUT2D eigenvalue weighted by Crippen LogP contribution is 2.60. The first-order valence-corrected chi connectivity index (χ1v) is 10.0. The Morgan fingerprint density at radius 3 is 1.93 bits per heavy atom. The molecule has 1 fully saturated rings. The highest BCUT2D eigenvalue weighted by atomic mass is 79.9. The molecule has 1 amide bonds. The fraction of sp³-hybridized carbons (Fsp3) is 0.208. The van der Waals surface area contributed by atoms with Crippen LogP contribution in [-0.2, 0) is 10.2 Å². The molecule has 27 heavy (non-hydrogen) atoms. The van der Waals surface area contributed by atoms with Crippen LogP contribution in [0.3, 0.4) is 0 Å². The fourth-order valence-electron chi connectivity index (χ4n) is 4.23. The van der Waals surface area contributed by atoms with E-state index in [1.165, 1.54) is 22.3 Å². The highest BCUT2D eigenvalue weighted by molar-refractivity contribution is 9.10. The van der Waals surface area contributed by atoms with E-state index >= 15 is 0 Å². The molecule has 0 unspecified atom stereocenters. The minimum absolute atomic E-state index is 0.0663. The number of benzene rings is 3. The van der Waals surface area contributed by atoms with E-state index in [0.29, 0.717) is 0 Å². The highest BCUT2D eigenvalue weighted by Gasteiger charge is 2.61. The fourth-order valence-corrected chi connectivity index (χ4v) is 4.49. The molecule has 1 atom stereocenters. The van der Waals surface area contributed by atoms with Crippen LogP contribution in [0.2, 0.25) is 0 Å². The van der Waals surface area contributed by atoms with Crippen molar-refractivity contribution in [2.24, 2.45) is 5.92 Å². The van der Waals surface area contributed by atoms with Gasteiger partial charge < -0.3 is 5.32 Å². The van der Waals surface area contributed by atoms with Crippen LogP contribution in [0.4, 0.5) is 5.69 Å². The van der Waals surface area contributed by atoms with Crippen LogP contribution in [0.15, 0.2) is 77.3 Å². The Bertz CT molecular complexity index is 948. The van der Waals surface area contributed by atoms with Gasteiger partial charge in [0.25, 0.3) is 0 Å². The first-order chi connectivity index (χ1) is 13.0. The zero-order chi connectivity index (χ0) is 19.0. The Labute approximate surface area is 168 Å². The average Bonchev–Trinajstić information content (AvgIpc) is 3.41. The van der Waals surface area contributed by atoms with Crippen LogP contribution in [0.25, 0.3) is 0 Å². The third-order valence-corrected chi connectivity index (χ3v) is 6.17. The number of hydrogen-bond acceptors (Lipinski definition) is 1. The Morgan fingerprint density at radius 1 is 0.889 bits per heavy atom. The molecular weight excluding hydrogens is 398 g/mol. The van der Waals surface area contributed by atoms with Gasteiger partial charge in [0.2, 0.25) is 5.91 Å². The molecule has 4 rings (SSSR count). The second-order valence-corrected chi connectivity index (χ2v) is 8.27. The maximum atomic E-state index is 13.1. The zero-order valence-corrected chi connectivity index (χ0v) is 17.1. The second-order valence-electron chi connectivity index (χ2n) is 7.35. The van der Waals surface area contributed by atoms with Crippen molar-refractivity contribution in [1.82, 2.24) is 0 Å². The van der Waals surface area contributed by atoms with Crippen LogP contribution >= 0.6 is 15.9 Å². The normalized spacial score (nSPS) is 17.4. The number of aryl methyl sites for hydroxylation is 2. The molecular formula is C24H22BrNO. The lowest BCUT2D eigenvalue weighted by Crippen LogP contribution is -2.23. The van der Waals surface area contributed by atoms with Gasteiger partial charge in [-0.25, -0.2) is 0 Å². The maximum absolute atomic E-state index is 13.1. The van der Waals surface area contributed by atoms with Gasteiger partial charge in [0.1, 0.15) is 0 Å². The topological polar surface area (TPSA) is 29.1 Å². The summed E-state index contributed by atoms with van der Waals surface area (Å²) in [6, 6.07) is 24.6. The molecule has 1 aliphatic carbocycles. The summed E-state index contributed by atoms with van der Waals surface area (Å²) in [4.78, 5) is 13.1. The molecule has 0 radical (unpaired) electrons. The number of halogens is 1. The van der Waals surface area contributed by atoms with E-state index in [9.17, 15) is 4.79 Å². The Morgan fingerprint density at radius 2 is 1.41 bits per heavy atom. The second kappa shape index (κ2) is 6.97. The third-order valence-electron chi connectivity index (χ3n) is 5.64. The van der Waals surface area contributed by atoms with E-state index in [4.69, 9.17) is 0 Å². The van der Waals surface area contributed by atoms with E-state index < -0.39 is 0 Å². The van der Waals surface area contributed by atoms with E-state index in [-0.39, 0.29) is 17.2 Å². The largest absolute Gasteiger partial charge is 0.326 e. The molecule has 3 aromatic carbocycles. The van der Waals surface area contributed by atoms with Gasteiger partial charge in [0.05, 0.1) is 5.92 Å². The zero-order valence-electron chi connectivity index (χ0n) is 15.5. The van der Waals surface area contributed by atoms with Crippen molar-refractivity contribution >= 4 is 27.5 Å². The first-order valence-electron chi connectivity index (χ1n) is 9.21. The number of anilines is 1. The molecule has 0 bridgehead atoms. The molecule has 0 spiro atoms. The van der Waals surface area contributed by atoms with Crippen LogP contribution in [0, 0.1) is 19.8 Å². The summed E-state index contributed by atoms with van der Waals surface area (Å²) in [6.45, 7) is 4.27. The van der Waals surface area contributed by atoms with Crippen molar-refractivity contribution < 1.29 is 4.79 Å². The van der Waals surface area contributed by atoms with Gasteiger partial charge in [-0.1, -0.05) is 64.5 Å². The predicted molar refractivity (Wildman–Crippen MR) is 114 cm³/mol. The van der Waals surface area contributed by atoms with E-state index in [1.54, 1.807) is 0 Å². The molecule has 1 aliphatic rings. The molecule has 1 N–H and O–H groups in total. The lowest BCUT2D eigenvalue weighted by Gasteiger charge is -2.23. The van der Waals surface area contributed by atoms with Gasteiger partial charge in [-0.05, 0) is 66.8 Å². The smallest absolute Gasteiger partial charge is 0.228 e. The van der Waals surface area contributed by atoms with Gasteiger partial charge in [-0.2, -0.15) is 0 Å². The lowest BCUT2D eigenvalue weighted by atomic mass is 9.81. The van der Waals surface area contributed by atoms with Crippen molar-refractivity contribution in [2.45, 2.75) is 25.7 Å². The number of carbonyl (C=O) groups is 1. The quantitative estimate of drug-likeness (QED) is 0.550. The molecule has 0 heterocycles. The van der Waals surface area contributed by atoms with Crippen LogP contribution in [0.1, 0.15) is 28.7 Å². The van der Waals surface area contributed by atoms with E-state index in [1.807, 2.05) is 24.3 Å². The van der Waals surface area contributed by atoms with Crippen LogP contribution in [0.5, 0.6) is 0 Å². The van der Waals surface area contributed by atoms with Gasteiger partial charge in [0, 0.05) is 15.6 Å². The minimum atomic E-state index is -0.240. The molecule has 2 nitrogen and oxygen atoms in total. The minimum Gasteiger partial charge on any atom is -0.326 e. The monoisotopic (exact) mass is 419 g/mol. The molecule has 3 heteroatoms. The lowest BCUT2D eigenvalue weighted by molar-refractivity contribution is -0.117. The number of hydrogen-bond donors (Lipinski definition) is 1. The van der Waals surface area contributed by atoms with E-state index in [0.717, 1.165) is 16.6 Å². The molecule has 3 aromatic rings. The Balaban J connectivity index is 1.72. The summed E-state index contributed by atoms with van der Waals surface area (Å²) >= 11 is 3.44. The summed E-state index contributed by atoms with van der Waals surface area (Å²) < 4.78 is 1.00. The maximum Gasteiger partial charge on any atom is 0.228 e.